The quantitative estimate of drug-likeness (QED) is 0.465. The number of hydrogen-bond donors (Lipinski definition) is 0. The lowest BCUT2D eigenvalue weighted by molar-refractivity contribution is -0.385. The maximum absolute atomic E-state index is 12.4. The van der Waals surface area contributed by atoms with E-state index in [4.69, 9.17) is 4.74 Å². The number of hydrogen-bond acceptors (Lipinski definition) is 4. The van der Waals surface area contributed by atoms with Gasteiger partial charge in [0, 0.05) is 11.6 Å². The van der Waals surface area contributed by atoms with Crippen LogP contribution in [-0.4, -0.2) is 17.0 Å². The summed E-state index contributed by atoms with van der Waals surface area (Å²) < 4.78 is 5.73. The van der Waals surface area contributed by atoms with Gasteiger partial charge in [-0.25, -0.2) is 4.79 Å². The third-order valence-electron chi connectivity index (χ3n) is 4.86. The molecule has 1 fully saturated rings. The van der Waals surface area contributed by atoms with Gasteiger partial charge in [-0.2, -0.15) is 0 Å². The molecule has 0 aromatic heterocycles. The zero-order valence-corrected chi connectivity index (χ0v) is 14.2. The molecule has 0 radical (unpaired) electrons. The molecule has 23 heavy (non-hydrogen) atoms. The second-order valence-corrected chi connectivity index (χ2v) is 7.03. The van der Waals surface area contributed by atoms with E-state index in [9.17, 15) is 14.9 Å². The number of nitrogens with zero attached hydrogens (tertiary/aromatic N) is 1. The summed E-state index contributed by atoms with van der Waals surface area (Å²) in [5.74, 6) is 0.885. The van der Waals surface area contributed by atoms with Crippen LogP contribution in [0.5, 0.6) is 0 Å². The minimum Gasteiger partial charge on any atom is -0.458 e. The van der Waals surface area contributed by atoms with Gasteiger partial charge in [0.15, 0.2) is 0 Å². The van der Waals surface area contributed by atoms with Crippen LogP contribution in [-0.2, 0) is 4.74 Å². The van der Waals surface area contributed by atoms with Gasteiger partial charge in [0.2, 0.25) is 0 Å². The minimum atomic E-state index is -0.467. The van der Waals surface area contributed by atoms with Crippen molar-refractivity contribution < 1.29 is 14.5 Å². The van der Waals surface area contributed by atoms with Gasteiger partial charge in [-0.05, 0) is 43.6 Å². The molecular formula is C18H25NO4. The zero-order valence-electron chi connectivity index (χ0n) is 14.2. The van der Waals surface area contributed by atoms with Gasteiger partial charge in [0.05, 0.1) is 10.5 Å². The normalized spacial score (nSPS) is 24.5. The van der Waals surface area contributed by atoms with Crippen molar-refractivity contribution in [1.82, 2.24) is 0 Å². The number of esters is 1. The Labute approximate surface area is 137 Å². The van der Waals surface area contributed by atoms with E-state index in [1.807, 2.05) is 0 Å². The molecule has 1 aliphatic rings. The highest BCUT2D eigenvalue weighted by Gasteiger charge is 2.33. The lowest BCUT2D eigenvalue weighted by Gasteiger charge is -2.36. The molecule has 0 saturated heterocycles. The molecule has 5 heteroatoms. The molecule has 5 nitrogen and oxygen atoms in total. The number of aryl methyl sites for hydroxylation is 1. The Balaban J connectivity index is 2.17. The summed E-state index contributed by atoms with van der Waals surface area (Å²) in [5.41, 5.74) is 0.748. The molecule has 3 atom stereocenters. The van der Waals surface area contributed by atoms with Crippen LogP contribution < -0.4 is 0 Å². The number of benzene rings is 1. The summed E-state index contributed by atoms with van der Waals surface area (Å²) in [6.07, 6.45) is 2.98. The van der Waals surface area contributed by atoms with Crippen LogP contribution in [0.2, 0.25) is 0 Å². The highest BCUT2D eigenvalue weighted by atomic mass is 16.6. The van der Waals surface area contributed by atoms with Gasteiger partial charge in [-0.15, -0.1) is 0 Å². The fraction of sp³-hybridized carbons (Fsp3) is 0.611. The van der Waals surface area contributed by atoms with E-state index in [1.54, 1.807) is 19.1 Å². The standard InChI is InChI=1S/C18H25NO4/c1-11(2)15-8-5-12(3)9-17(15)23-18(20)14-7-6-13(4)16(10-14)19(21)22/h6-7,10-12,15,17H,5,8-9H2,1-4H3/t12-,15-,17-/m1/s1. The predicted molar refractivity (Wildman–Crippen MR) is 88.4 cm³/mol. The Hall–Kier alpha value is -1.91. The number of nitro benzene ring substituents is 1. The van der Waals surface area contributed by atoms with Crippen molar-refractivity contribution in [3.8, 4) is 0 Å². The number of carbonyl (C=O) groups is 1. The molecule has 126 valence electrons. The van der Waals surface area contributed by atoms with Gasteiger partial charge < -0.3 is 4.74 Å². The predicted octanol–water partition coefficient (Wildman–Crippen LogP) is 4.52. The zero-order chi connectivity index (χ0) is 17.1. The van der Waals surface area contributed by atoms with Crippen molar-refractivity contribution in [2.75, 3.05) is 0 Å². The van der Waals surface area contributed by atoms with Crippen molar-refractivity contribution in [2.24, 2.45) is 17.8 Å². The van der Waals surface area contributed by atoms with E-state index in [0.29, 0.717) is 23.3 Å². The third-order valence-corrected chi connectivity index (χ3v) is 4.86. The van der Waals surface area contributed by atoms with Crippen molar-refractivity contribution in [3.63, 3.8) is 0 Å². The first-order valence-corrected chi connectivity index (χ1v) is 8.25. The maximum Gasteiger partial charge on any atom is 0.338 e. The Morgan fingerprint density at radius 2 is 2.04 bits per heavy atom. The Kier molecular flexibility index (Phi) is 5.39. The fourth-order valence-corrected chi connectivity index (χ4v) is 3.39. The van der Waals surface area contributed by atoms with Crippen molar-refractivity contribution in [2.45, 2.75) is 53.1 Å². The summed E-state index contributed by atoms with van der Waals surface area (Å²) in [6.45, 7) is 8.13. The molecule has 0 N–H and O–H groups in total. The molecule has 0 bridgehead atoms. The molecule has 1 aliphatic carbocycles. The van der Waals surface area contributed by atoms with Crippen LogP contribution in [0.4, 0.5) is 5.69 Å². The van der Waals surface area contributed by atoms with E-state index >= 15 is 0 Å². The SMILES string of the molecule is Cc1ccc(C(=O)O[C@@H]2C[C@H](C)CC[C@@H]2C(C)C)cc1[N+](=O)[O-]. The molecule has 2 rings (SSSR count). The number of rotatable bonds is 4. The van der Waals surface area contributed by atoms with Crippen LogP contribution >= 0.6 is 0 Å². The first-order chi connectivity index (χ1) is 10.8. The van der Waals surface area contributed by atoms with E-state index in [-0.39, 0.29) is 17.4 Å². The van der Waals surface area contributed by atoms with Gasteiger partial charge in [-0.3, -0.25) is 10.1 Å². The molecule has 0 heterocycles. The highest BCUT2D eigenvalue weighted by Crippen LogP contribution is 2.35. The van der Waals surface area contributed by atoms with Crippen LogP contribution in [0.15, 0.2) is 18.2 Å². The summed E-state index contributed by atoms with van der Waals surface area (Å²) in [4.78, 5) is 23.0. The second-order valence-electron chi connectivity index (χ2n) is 7.03. The van der Waals surface area contributed by atoms with Crippen molar-refractivity contribution in [3.05, 3.63) is 39.4 Å². The van der Waals surface area contributed by atoms with E-state index in [1.165, 1.54) is 6.07 Å². The summed E-state index contributed by atoms with van der Waals surface area (Å²) in [5, 5.41) is 11.0. The minimum absolute atomic E-state index is 0.0446. The summed E-state index contributed by atoms with van der Waals surface area (Å²) in [7, 11) is 0. The van der Waals surface area contributed by atoms with Crippen LogP contribution in [0.3, 0.4) is 0 Å². The average molecular weight is 319 g/mol. The van der Waals surface area contributed by atoms with Gasteiger partial charge in [0.1, 0.15) is 6.10 Å². The first kappa shape index (κ1) is 17.4. The third kappa shape index (κ3) is 4.09. The maximum atomic E-state index is 12.4. The van der Waals surface area contributed by atoms with E-state index < -0.39 is 10.9 Å². The molecule has 0 spiro atoms. The lowest BCUT2D eigenvalue weighted by Crippen LogP contribution is -2.35. The van der Waals surface area contributed by atoms with Crippen LogP contribution in [0.25, 0.3) is 0 Å². The molecule has 1 saturated carbocycles. The molecule has 0 aliphatic heterocycles. The molecule has 0 amide bonds. The smallest absolute Gasteiger partial charge is 0.338 e. The Bertz CT molecular complexity index is 597. The average Bonchev–Trinajstić information content (AvgIpc) is 2.46. The van der Waals surface area contributed by atoms with Crippen LogP contribution in [0, 0.1) is 34.8 Å². The highest BCUT2D eigenvalue weighted by molar-refractivity contribution is 5.90. The van der Waals surface area contributed by atoms with Gasteiger partial charge in [-0.1, -0.05) is 33.3 Å². The fourth-order valence-electron chi connectivity index (χ4n) is 3.39. The molecular weight excluding hydrogens is 294 g/mol. The van der Waals surface area contributed by atoms with Crippen LogP contribution in [0.1, 0.15) is 56.0 Å². The van der Waals surface area contributed by atoms with Gasteiger partial charge >= 0.3 is 5.97 Å². The topological polar surface area (TPSA) is 69.4 Å². The molecule has 1 aromatic rings. The Morgan fingerprint density at radius 3 is 2.65 bits per heavy atom. The first-order valence-electron chi connectivity index (χ1n) is 8.25. The van der Waals surface area contributed by atoms with E-state index in [2.05, 4.69) is 20.8 Å². The van der Waals surface area contributed by atoms with Crippen molar-refractivity contribution in [1.29, 1.82) is 0 Å². The number of nitro groups is 1. The molecule has 0 unspecified atom stereocenters. The number of carbonyl (C=O) groups excluding carboxylic acids is 1. The Morgan fingerprint density at radius 1 is 1.35 bits per heavy atom. The largest absolute Gasteiger partial charge is 0.458 e. The lowest BCUT2D eigenvalue weighted by atomic mass is 9.75. The van der Waals surface area contributed by atoms with Crippen molar-refractivity contribution >= 4 is 11.7 Å². The van der Waals surface area contributed by atoms with E-state index in [0.717, 1.165) is 19.3 Å². The van der Waals surface area contributed by atoms with Gasteiger partial charge in [0.25, 0.3) is 5.69 Å². The number of ether oxygens (including phenoxy) is 1. The monoisotopic (exact) mass is 319 g/mol. The molecule has 1 aromatic carbocycles. The summed E-state index contributed by atoms with van der Waals surface area (Å²) >= 11 is 0. The summed E-state index contributed by atoms with van der Waals surface area (Å²) in [6, 6.07) is 4.51. The second kappa shape index (κ2) is 7.11.